The predicted molar refractivity (Wildman–Crippen MR) is 83.3 cm³/mol. The number of alkyl halides is 1. The lowest BCUT2D eigenvalue weighted by atomic mass is 9.79. The summed E-state index contributed by atoms with van der Waals surface area (Å²) in [6.45, 7) is 2.33. The first-order valence-corrected chi connectivity index (χ1v) is 8.03. The minimum Gasteiger partial charge on any atom is -0.315 e. The summed E-state index contributed by atoms with van der Waals surface area (Å²) in [6.07, 6.45) is 5.56. The van der Waals surface area contributed by atoms with Gasteiger partial charge in [-0.05, 0) is 41.9 Å². The van der Waals surface area contributed by atoms with Gasteiger partial charge in [-0.3, -0.25) is 4.79 Å². The molecule has 1 atom stereocenters. The quantitative estimate of drug-likeness (QED) is 0.744. The summed E-state index contributed by atoms with van der Waals surface area (Å²) in [5.74, 6) is 1.61. The zero-order valence-electron chi connectivity index (χ0n) is 12.2. The van der Waals surface area contributed by atoms with E-state index in [1.165, 1.54) is 31.2 Å². The molecule has 1 saturated carbocycles. The van der Waals surface area contributed by atoms with Gasteiger partial charge >= 0.3 is 0 Å². The monoisotopic (exact) mass is 291 g/mol. The van der Waals surface area contributed by atoms with Crippen molar-refractivity contribution in [2.24, 2.45) is 11.8 Å². The Balaban J connectivity index is 1.78. The molecule has 2 nitrogen and oxygen atoms in total. The third-order valence-corrected chi connectivity index (χ3v) is 5.58. The normalized spacial score (nSPS) is 27.6. The van der Waals surface area contributed by atoms with Crippen LogP contribution in [-0.2, 0) is 11.2 Å². The molecule has 0 radical (unpaired) electrons. The molecule has 3 rings (SSSR count). The first kappa shape index (κ1) is 13.9. The van der Waals surface area contributed by atoms with E-state index >= 15 is 0 Å². The van der Waals surface area contributed by atoms with Crippen LogP contribution in [0.5, 0.6) is 0 Å². The summed E-state index contributed by atoms with van der Waals surface area (Å²) in [4.78, 5) is 13.5. The maximum absolute atomic E-state index is 11.7. The highest BCUT2D eigenvalue weighted by molar-refractivity contribution is 6.21. The number of fused-ring (bicyclic) bond motifs is 1. The molecule has 0 saturated heterocycles. The average molecular weight is 292 g/mol. The zero-order chi connectivity index (χ0) is 14.3. The molecule has 1 heterocycles. The van der Waals surface area contributed by atoms with Gasteiger partial charge in [-0.15, -0.1) is 11.6 Å². The van der Waals surface area contributed by atoms with Gasteiger partial charge in [0.05, 0.1) is 11.8 Å². The molecule has 0 spiro atoms. The van der Waals surface area contributed by atoms with E-state index in [1.807, 2.05) is 7.05 Å². The Bertz CT molecular complexity index is 520. The average Bonchev–Trinajstić information content (AvgIpc) is 2.74. The molecule has 1 aliphatic heterocycles. The van der Waals surface area contributed by atoms with E-state index in [4.69, 9.17) is 11.6 Å². The van der Waals surface area contributed by atoms with Gasteiger partial charge in [0.1, 0.15) is 0 Å². The van der Waals surface area contributed by atoms with Gasteiger partial charge in [0.25, 0.3) is 0 Å². The smallest absolute Gasteiger partial charge is 0.231 e. The van der Waals surface area contributed by atoms with Crippen molar-refractivity contribution in [3.63, 3.8) is 0 Å². The van der Waals surface area contributed by atoms with Gasteiger partial charge in [0.15, 0.2) is 0 Å². The molecule has 2 aliphatic rings. The van der Waals surface area contributed by atoms with Crippen LogP contribution in [0, 0.1) is 11.8 Å². The first-order valence-electron chi connectivity index (χ1n) is 7.59. The molecule has 1 amide bonds. The van der Waals surface area contributed by atoms with Crippen molar-refractivity contribution in [1.29, 1.82) is 0 Å². The number of amides is 1. The van der Waals surface area contributed by atoms with Crippen LogP contribution >= 0.6 is 11.6 Å². The van der Waals surface area contributed by atoms with Crippen LogP contribution in [0.25, 0.3) is 0 Å². The first-order chi connectivity index (χ1) is 9.56. The number of rotatable bonds is 2. The maximum Gasteiger partial charge on any atom is 0.231 e. The van der Waals surface area contributed by atoms with Gasteiger partial charge in [0.2, 0.25) is 5.91 Å². The van der Waals surface area contributed by atoms with E-state index in [2.05, 4.69) is 25.1 Å². The Morgan fingerprint density at radius 2 is 1.95 bits per heavy atom. The fourth-order valence-electron chi connectivity index (χ4n) is 3.51. The van der Waals surface area contributed by atoms with Crippen LogP contribution in [0.2, 0.25) is 0 Å². The molecule has 1 aromatic carbocycles. The summed E-state index contributed by atoms with van der Waals surface area (Å²) < 4.78 is 0. The molecule has 3 heteroatoms. The third kappa shape index (κ3) is 2.46. The van der Waals surface area contributed by atoms with E-state index in [0.29, 0.717) is 12.3 Å². The number of benzene rings is 1. The molecule has 0 aromatic heterocycles. The molecular formula is C17H22ClNO. The number of carbonyl (C=O) groups is 1. The second kappa shape index (κ2) is 5.40. The molecule has 1 aromatic rings. The molecule has 1 aliphatic carbocycles. The second-order valence-corrected chi connectivity index (χ2v) is 6.91. The van der Waals surface area contributed by atoms with Gasteiger partial charge < -0.3 is 4.90 Å². The van der Waals surface area contributed by atoms with E-state index in [-0.39, 0.29) is 11.3 Å². The van der Waals surface area contributed by atoms with Crippen molar-refractivity contribution in [3.8, 4) is 0 Å². The number of halogens is 1. The van der Waals surface area contributed by atoms with Crippen molar-refractivity contribution in [2.75, 3.05) is 11.9 Å². The minimum atomic E-state index is 0.0915. The van der Waals surface area contributed by atoms with Crippen LogP contribution in [0.3, 0.4) is 0 Å². The standard InChI is InChI=1S/C17H22ClNO/c1-11-3-5-12(6-4-11)17(18)13-7-8-15-14(9-13)10-16(20)19(15)2/h7-9,11-12,17H,3-6,10H2,1-2H3. The third-order valence-electron chi connectivity index (χ3n) is 4.97. The maximum atomic E-state index is 11.7. The fourth-order valence-corrected chi connectivity index (χ4v) is 3.90. The molecule has 108 valence electrons. The van der Waals surface area contributed by atoms with Crippen molar-refractivity contribution in [3.05, 3.63) is 29.3 Å². The number of hydrogen-bond acceptors (Lipinski definition) is 1. The van der Waals surface area contributed by atoms with Gasteiger partial charge in [-0.2, -0.15) is 0 Å². The van der Waals surface area contributed by atoms with Crippen molar-refractivity contribution >= 4 is 23.2 Å². The largest absolute Gasteiger partial charge is 0.315 e. The van der Waals surface area contributed by atoms with Crippen molar-refractivity contribution < 1.29 is 4.79 Å². The van der Waals surface area contributed by atoms with E-state index in [9.17, 15) is 4.79 Å². The lowest BCUT2D eigenvalue weighted by molar-refractivity contribution is -0.117. The predicted octanol–water partition coefficient (Wildman–Crippen LogP) is 4.31. The molecule has 0 bridgehead atoms. The Morgan fingerprint density at radius 3 is 2.65 bits per heavy atom. The van der Waals surface area contributed by atoms with E-state index < -0.39 is 0 Å². The summed E-state index contributed by atoms with van der Waals surface area (Å²) >= 11 is 6.71. The van der Waals surface area contributed by atoms with Crippen molar-refractivity contribution in [2.45, 2.75) is 44.4 Å². The highest BCUT2D eigenvalue weighted by Crippen LogP contribution is 2.41. The van der Waals surface area contributed by atoms with Gasteiger partial charge in [-0.25, -0.2) is 0 Å². The van der Waals surface area contributed by atoms with E-state index in [1.54, 1.807) is 4.90 Å². The number of anilines is 1. The van der Waals surface area contributed by atoms with Crippen molar-refractivity contribution in [1.82, 2.24) is 0 Å². The minimum absolute atomic E-state index is 0.0915. The summed E-state index contributed by atoms with van der Waals surface area (Å²) in [5.41, 5.74) is 3.36. The van der Waals surface area contributed by atoms with E-state index in [0.717, 1.165) is 17.2 Å². The van der Waals surface area contributed by atoms with Gasteiger partial charge in [0, 0.05) is 12.7 Å². The van der Waals surface area contributed by atoms with Gasteiger partial charge in [-0.1, -0.05) is 31.9 Å². The lowest BCUT2D eigenvalue weighted by Crippen LogP contribution is -2.20. The second-order valence-electron chi connectivity index (χ2n) is 6.44. The SMILES string of the molecule is CC1CCC(C(Cl)c2ccc3c(c2)CC(=O)N3C)CC1. The number of likely N-dealkylation sites (N-methyl/N-ethyl adjacent to an activating group) is 1. The van der Waals surface area contributed by atoms with Crippen LogP contribution in [0.1, 0.15) is 49.1 Å². The highest BCUT2D eigenvalue weighted by Gasteiger charge is 2.28. The summed E-state index contributed by atoms with van der Waals surface area (Å²) in [7, 11) is 1.84. The molecule has 1 unspecified atom stereocenters. The molecule has 0 N–H and O–H groups in total. The molecular weight excluding hydrogens is 270 g/mol. The van der Waals surface area contributed by atoms with Crippen LogP contribution in [0.15, 0.2) is 18.2 Å². The molecule has 1 fully saturated rings. The Hall–Kier alpha value is -1.02. The Kier molecular flexibility index (Phi) is 3.76. The lowest BCUT2D eigenvalue weighted by Gasteiger charge is -2.30. The number of nitrogens with zero attached hydrogens (tertiary/aromatic N) is 1. The summed E-state index contributed by atoms with van der Waals surface area (Å²) in [5, 5.41) is 0.0915. The topological polar surface area (TPSA) is 20.3 Å². The van der Waals surface area contributed by atoms with Crippen LogP contribution in [-0.4, -0.2) is 13.0 Å². The highest BCUT2D eigenvalue weighted by atomic mass is 35.5. The van der Waals surface area contributed by atoms with Crippen LogP contribution in [0.4, 0.5) is 5.69 Å². The summed E-state index contributed by atoms with van der Waals surface area (Å²) in [6, 6.07) is 6.30. The Labute approximate surface area is 126 Å². The number of carbonyl (C=O) groups excluding carboxylic acids is 1. The molecule has 20 heavy (non-hydrogen) atoms. The Morgan fingerprint density at radius 1 is 1.25 bits per heavy atom. The number of hydrogen-bond donors (Lipinski definition) is 0. The zero-order valence-corrected chi connectivity index (χ0v) is 13.0. The fraction of sp³-hybridized carbons (Fsp3) is 0.588. The van der Waals surface area contributed by atoms with Crippen LogP contribution < -0.4 is 4.90 Å².